The third-order valence-electron chi connectivity index (χ3n) is 4.83. The predicted octanol–water partition coefficient (Wildman–Crippen LogP) is 2.48. The van der Waals surface area contributed by atoms with E-state index in [1.807, 2.05) is 32.3 Å². The first-order chi connectivity index (χ1) is 14.8. The minimum Gasteiger partial charge on any atom is -0.449 e. The second-order valence-electron chi connectivity index (χ2n) is 7.43. The fourth-order valence-corrected chi connectivity index (χ4v) is 3.51. The van der Waals surface area contributed by atoms with E-state index >= 15 is 0 Å². The van der Waals surface area contributed by atoms with Gasteiger partial charge >= 0.3 is 6.09 Å². The molecule has 1 fully saturated rings. The van der Waals surface area contributed by atoms with E-state index in [0.29, 0.717) is 38.5 Å². The number of hydrogen-bond donors (Lipinski definition) is 2. The zero-order valence-electron chi connectivity index (χ0n) is 17.6. The lowest BCUT2D eigenvalue weighted by atomic mass is 10.2. The minimum absolute atomic E-state index is 0.0629. The molecule has 0 unspecified atom stereocenters. The molecule has 1 saturated heterocycles. The number of anilines is 3. The number of nitrogens with two attached hydrogens (primary N) is 1. The van der Waals surface area contributed by atoms with Crippen LogP contribution in [0.5, 0.6) is 0 Å². The number of carbonyl (C=O) groups is 2. The number of nitrogens with zero attached hydrogens (tertiary/aromatic N) is 4. The molecule has 0 atom stereocenters. The molecule has 1 aliphatic heterocycles. The number of nitrogen functional groups attached to an aromatic ring is 1. The van der Waals surface area contributed by atoms with Crippen LogP contribution >= 0.6 is 15.9 Å². The van der Waals surface area contributed by atoms with Crippen molar-refractivity contribution >= 4 is 45.3 Å². The Morgan fingerprint density at radius 2 is 2.03 bits per heavy atom. The van der Waals surface area contributed by atoms with Gasteiger partial charge in [0.05, 0.1) is 12.3 Å². The third kappa shape index (κ3) is 6.34. The van der Waals surface area contributed by atoms with Crippen molar-refractivity contribution in [3.8, 4) is 0 Å². The van der Waals surface area contributed by atoms with Crippen LogP contribution < -0.4 is 16.0 Å². The van der Waals surface area contributed by atoms with Gasteiger partial charge in [-0.05, 0) is 54.6 Å². The lowest BCUT2D eigenvalue weighted by molar-refractivity contribution is 0.0970. The maximum atomic E-state index is 12.3. The number of rotatable bonds is 7. The summed E-state index contributed by atoms with van der Waals surface area (Å²) >= 11 is 3.45. The zero-order chi connectivity index (χ0) is 22.4. The summed E-state index contributed by atoms with van der Waals surface area (Å²) in [5, 5.41) is 2.80. The predicted molar refractivity (Wildman–Crippen MR) is 121 cm³/mol. The number of carbonyl (C=O) groups excluding carboxylic acids is 2. The van der Waals surface area contributed by atoms with Gasteiger partial charge in [0.15, 0.2) is 5.69 Å². The van der Waals surface area contributed by atoms with Crippen LogP contribution in [0.2, 0.25) is 0 Å². The number of benzene rings is 1. The Hall–Kier alpha value is -2.79. The van der Waals surface area contributed by atoms with Crippen molar-refractivity contribution < 1.29 is 18.7 Å². The van der Waals surface area contributed by atoms with Crippen LogP contribution in [-0.2, 0) is 4.74 Å². The number of ether oxygens (including phenoxy) is 1. The average Bonchev–Trinajstić information content (AvgIpc) is 3.19. The number of hydrogen-bond acceptors (Lipinski definition) is 8. The Bertz CT molecular complexity index is 911. The number of amides is 2. The monoisotopic (exact) mass is 494 g/mol. The molecule has 0 bridgehead atoms. The van der Waals surface area contributed by atoms with E-state index in [1.165, 1.54) is 6.26 Å². The van der Waals surface area contributed by atoms with Crippen LogP contribution in [0, 0.1) is 0 Å². The largest absolute Gasteiger partial charge is 0.449 e. The van der Waals surface area contributed by atoms with E-state index in [0.717, 1.165) is 23.1 Å². The number of aromatic nitrogens is 1. The highest BCUT2D eigenvalue weighted by Gasteiger charge is 2.23. The van der Waals surface area contributed by atoms with Crippen molar-refractivity contribution in [2.75, 3.05) is 69.4 Å². The molecular weight excluding hydrogens is 468 g/mol. The van der Waals surface area contributed by atoms with Gasteiger partial charge in [-0.1, -0.05) is 0 Å². The molecule has 0 saturated carbocycles. The van der Waals surface area contributed by atoms with Crippen molar-refractivity contribution in [3.05, 3.63) is 34.6 Å². The molecule has 10 nitrogen and oxygen atoms in total. The Morgan fingerprint density at radius 1 is 1.29 bits per heavy atom. The first-order valence-electron chi connectivity index (χ1n) is 9.97. The SMILES string of the molecule is CN(C)CCCOC(=O)N1CCN(c2ccc(Br)c(NC(=O)c3coc(N)n3)c2)CC1. The second kappa shape index (κ2) is 10.5. The highest BCUT2D eigenvalue weighted by Crippen LogP contribution is 2.29. The van der Waals surface area contributed by atoms with Crippen LogP contribution in [-0.4, -0.2) is 80.2 Å². The van der Waals surface area contributed by atoms with Gasteiger partial charge in [-0.2, -0.15) is 4.98 Å². The molecule has 31 heavy (non-hydrogen) atoms. The summed E-state index contributed by atoms with van der Waals surface area (Å²) in [7, 11) is 3.98. The fourth-order valence-electron chi connectivity index (χ4n) is 3.16. The molecule has 2 heterocycles. The van der Waals surface area contributed by atoms with Crippen LogP contribution in [0.25, 0.3) is 0 Å². The van der Waals surface area contributed by atoms with Crippen molar-refractivity contribution in [1.29, 1.82) is 0 Å². The Morgan fingerprint density at radius 3 is 2.68 bits per heavy atom. The summed E-state index contributed by atoms with van der Waals surface area (Å²) in [6, 6.07) is 5.64. The van der Waals surface area contributed by atoms with Gasteiger partial charge < -0.3 is 34.9 Å². The lowest BCUT2D eigenvalue weighted by Gasteiger charge is -2.35. The summed E-state index contributed by atoms with van der Waals surface area (Å²) in [6.07, 6.45) is 1.75. The minimum atomic E-state index is -0.417. The quantitative estimate of drug-likeness (QED) is 0.563. The summed E-state index contributed by atoms with van der Waals surface area (Å²) in [5.41, 5.74) is 7.08. The van der Waals surface area contributed by atoms with Gasteiger partial charge in [0.2, 0.25) is 0 Å². The van der Waals surface area contributed by atoms with Crippen LogP contribution in [0.1, 0.15) is 16.9 Å². The van der Waals surface area contributed by atoms with Crippen molar-refractivity contribution in [3.63, 3.8) is 0 Å². The van der Waals surface area contributed by atoms with Crippen LogP contribution in [0.4, 0.5) is 22.2 Å². The van der Waals surface area contributed by atoms with Gasteiger partial charge in [0.1, 0.15) is 6.26 Å². The summed E-state index contributed by atoms with van der Waals surface area (Å²) in [6.45, 7) is 3.78. The van der Waals surface area contributed by atoms with Crippen LogP contribution in [0.3, 0.4) is 0 Å². The number of nitrogens with one attached hydrogen (secondary N) is 1. The van der Waals surface area contributed by atoms with Gasteiger partial charge in [0, 0.05) is 42.9 Å². The molecule has 1 aliphatic rings. The summed E-state index contributed by atoms with van der Waals surface area (Å²) in [5.74, 6) is -0.417. The van der Waals surface area contributed by atoms with Crippen molar-refractivity contribution in [1.82, 2.24) is 14.8 Å². The molecule has 0 spiro atoms. The topological polar surface area (TPSA) is 117 Å². The molecule has 2 amide bonds. The molecule has 0 radical (unpaired) electrons. The van der Waals surface area contributed by atoms with Crippen molar-refractivity contribution in [2.45, 2.75) is 6.42 Å². The van der Waals surface area contributed by atoms with Gasteiger partial charge in [-0.3, -0.25) is 4.79 Å². The fraction of sp³-hybridized carbons (Fsp3) is 0.450. The molecule has 1 aromatic heterocycles. The molecule has 11 heteroatoms. The molecule has 3 N–H and O–H groups in total. The molecular formula is C20H27BrN6O4. The number of halogens is 1. The molecule has 3 rings (SSSR count). The summed E-state index contributed by atoms with van der Waals surface area (Å²) in [4.78, 5) is 34.4. The first kappa shape index (κ1) is 22.9. The Balaban J connectivity index is 1.54. The number of oxazole rings is 1. The maximum Gasteiger partial charge on any atom is 0.409 e. The average molecular weight is 495 g/mol. The molecule has 0 aliphatic carbocycles. The van der Waals surface area contributed by atoms with Crippen molar-refractivity contribution in [2.24, 2.45) is 0 Å². The summed E-state index contributed by atoms with van der Waals surface area (Å²) < 4.78 is 11.0. The van der Waals surface area contributed by atoms with Crippen LogP contribution in [0.15, 0.2) is 33.4 Å². The zero-order valence-corrected chi connectivity index (χ0v) is 19.2. The van der Waals surface area contributed by atoms with Gasteiger partial charge in [-0.15, -0.1) is 0 Å². The Labute approximate surface area is 189 Å². The highest BCUT2D eigenvalue weighted by molar-refractivity contribution is 9.10. The highest BCUT2D eigenvalue weighted by atomic mass is 79.9. The van der Waals surface area contributed by atoms with Gasteiger partial charge in [-0.25, -0.2) is 4.79 Å². The lowest BCUT2D eigenvalue weighted by Crippen LogP contribution is -2.49. The second-order valence-corrected chi connectivity index (χ2v) is 8.29. The van der Waals surface area contributed by atoms with E-state index in [1.54, 1.807) is 4.90 Å². The molecule has 1 aromatic carbocycles. The smallest absolute Gasteiger partial charge is 0.409 e. The van der Waals surface area contributed by atoms with E-state index in [-0.39, 0.29) is 17.8 Å². The molecule has 168 valence electrons. The molecule has 2 aromatic rings. The van der Waals surface area contributed by atoms with E-state index < -0.39 is 5.91 Å². The normalized spacial score (nSPS) is 14.1. The Kier molecular flexibility index (Phi) is 7.75. The van der Waals surface area contributed by atoms with E-state index in [9.17, 15) is 9.59 Å². The van der Waals surface area contributed by atoms with Gasteiger partial charge in [0.25, 0.3) is 11.9 Å². The van der Waals surface area contributed by atoms with E-state index in [4.69, 9.17) is 14.9 Å². The first-order valence-corrected chi connectivity index (χ1v) is 10.8. The maximum absolute atomic E-state index is 12.3. The third-order valence-corrected chi connectivity index (χ3v) is 5.52. The standard InChI is InChI=1S/C20H27BrN6O4/c1-25(2)6-3-11-30-20(29)27-9-7-26(8-10-27)14-4-5-15(21)16(12-14)23-18(28)17-13-31-19(22)24-17/h4-5,12-13H,3,6-11H2,1-2H3,(H2,22,24)(H,23,28). The van der Waals surface area contributed by atoms with E-state index in [2.05, 4.69) is 36.0 Å². The number of piperazine rings is 1.